The van der Waals surface area contributed by atoms with Crippen molar-refractivity contribution in [3.8, 4) is 11.5 Å². The Balaban J connectivity index is 1.33. The molecule has 0 heterocycles. The summed E-state index contributed by atoms with van der Waals surface area (Å²) in [5, 5.41) is 3.15. The van der Waals surface area contributed by atoms with Crippen LogP contribution in [0.25, 0.3) is 6.08 Å². The van der Waals surface area contributed by atoms with Crippen LogP contribution in [-0.4, -0.2) is 32.1 Å². The molecular formula is C23H30N2O4. The smallest absolute Gasteiger partial charge is 0.255 e. The highest BCUT2D eigenvalue weighted by molar-refractivity contribution is 5.91. The Morgan fingerprint density at radius 1 is 1.14 bits per heavy atom. The fourth-order valence-corrected chi connectivity index (χ4v) is 6.07. The van der Waals surface area contributed by atoms with E-state index in [4.69, 9.17) is 15.2 Å². The van der Waals surface area contributed by atoms with Gasteiger partial charge in [0.2, 0.25) is 5.91 Å². The van der Waals surface area contributed by atoms with E-state index in [1.165, 1.54) is 45.6 Å². The summed E-state index contributed by atoms with van der Waals surface area (Å²) < 4.78 is 10.6. The Morgan fingerprint density at radius 3 is 2.38 bits per heavy atom. The van der Waals surface area contributed by atoms with E-state index >= 15 is 0 Å². The van der Waals surface area contributed by atoms with Crippen molar-refractivity contribution in [2.24, 2.45) is 28.9 Å². The number of primary amides is 1. The summed E-state index contributed by atoms with van der Waals surface area (Å²) in [6.45, 7) is 0.584. The number of rotatable bonds is 8. The number of nitrogens with one attached hydrogen (secondary N) is 1. The number of hydrogen-bond donors (Lipinski definition) is 2. The van der Waals surface area contributed by atoms with E-state index < -0.39 is 5.91 Å². The predicted molar refractivity (Wildman–Crippen MR) is 110 cm³/mol. The molecule has 0 unspecified atom stereocenters. The number of carbonyl (C=O) groups is 2. The molecule has 4 aliphatic rings. The number of nitrogens with two attached hydrogens (primary N) is 1. The van der Waals surface area contributed by atoms with E-state index in [-0.39, 0.29) is 12.5 Å². The summed E-state index contributed by atoms with van der Waals surface area (Å²) in [6, 6.07) is 5.27. The van der Waals surface area contributed by atoms with Crippen molar-refractivity contribution in [1.29, 1.82) is 0 Å². The quantitative estimate of drug-likeness (QED) is 0.659. The molecule has 0 aliphatic heterocycles. The third-order valence-corrected chi connectivity index (χ3v) is 6.79. The largest absolute Gasteiger partial charge is 0.493 e. The summed E-state index contributed by atoms with van der Waals surface area (Å²) in [5.74, 6) is 2.97. The van der Waals surface area contributed by atoms with Gasteiger partial charge in [0.25, 0.3) is 5.91 Å². The lowest BCUT2D eigenvalue weighted by Crippen LogP contribution is -2.51. The molecule has 4 bridgehead atoms. The minimum Gasteiger partial charge on any atom is -0.493 e. The van der Waals surface area contributed by atoms with Crippen molar-refractivity contribution in [3.63, 3.8) is 0 Å². The van der Waals surface area contributed by atoms with Crippen molar-refractivity contribution >= 4 is 17.9 Å². The fourth-order valence-electron chi connectivity index (χ4n) is 6.07. The average molecular weight is 399 g/mol. The highest BCUT2D eigenvalue weighted by Crippen LogP contribution is 2.59. The third-order valence-electron chi connectivity index (χ3n) is 6.79. The summed E-state index contributed by atoms with van der Waals surface area (Å²) in [5.41, 5.74) is 6.26. The topological polar surface area (TPSA) is 90.7 Å². The van der Waals surface area contributed by atoms with Crippen LogP contribution in [-0.2, 0) is 9.59 Å². The van der Waals surface area contributed by atoms with E-state index in [0.717, 1.165) is 29.9 Å². The number of hydrogen-bond acceptors (Lipinski definition) is 4. The summed E-state index contributed by atoms with van der Waals surface area (Å²) in [4.78, 5) is 23.3. The number of amides is 2. The summed E-state index contributed by atoms with van der Waals surface area (Å²) >= 11 is 0. The lowest BCUT2D eigenvalue weighted by atomic mass is 9.49. The van der Waals surface area contributed by atoms with Crippen LogP contribution < -0.4 is 20.5 Å². The van der Waals surface area contributed by atoms with Gasteiger partial charge >= 0.3 is 0 Å². The second-order valence-corrected chi connectivity index (χ2v) is 9.13. The SMILES string of the molecule is COc1cc(/C=C/C(=O)NCC23CC4CC(CC(C4)C2)C3)ccc1OCC(N)=O. The molecule has 6 nitrogen and oxygen atoms in total. The van der Waals surface area contributed by atoms with Gasteiger partial charge in [-0.05, 0) is 85.5 Å². The maximum Gasteiger partial charge on any atom is 0.255 e. The van der Waals surface area contributed by atoms with Crippen LogP contribution in [0.4, 0.5) is 0 Å². The van der Waals surface area contributed by atoms with Crippen molar-refractivity contribution in [1.82, 2.24) is 5.32 Å². The van der Waals surface area contributed by atoms with Crippen LogP contribution in [0.15, 0.2) is 24.3 Å². The van der Waals surface area contributed by atoms with Gasteiger partial charge in [-0.3, -0.25) is 9.59 Å². The molecule has 5 rings (SSSR count). The van der Waals surface area contributed by atoms with Gasteiger partial charge in [0.15, 0.2) is 18.1 Å². The molecule has 0 aromatic heterocycles. The van der Waals surface area contributed by atoms with Crippen molar-refractivity contribution in [2.75, 3.05) is 20.3 Å². The van der Waals surface area contributed by atoms with Crippen LogP contribution in [0.3, 0.4) is 0 Å². The molecule has 4 aliphatic carbocycles. The van der Waals surface area contributed by atoms with Crippen LogP contribution in [0.2, 0.25) is 0 Å². The minimum atomic E-state index is -0.549. The number of benzene rings is 1. The molecule has 2 amide bonds. The summed E-state index contributed by atoms with van der Waals surface area (Å²) in [6.07, 6.45) is 11.4. The van der Waals surface area contributed by atoms with Gasteiger partial charge in [0, 0.05) is 12.6 Å². The minimum absolute atomic E-state index is 0.0613. The Morgan fingerprint density at radius 2 is 1.79 bits per heavy atom. The monoisotopic (exact) mass is 398 g/mol. The van der Waals surface area contributed by atoms with Crippen molar-refractivity contribution in [2.45, 2.75) is 38.5 Å². The predicted octanol–water partition coefficient (Wildman–Crippen LogP) is 2.91. The first kappa shape index (κ1) is 19.8. The second kappa shape index (κ2) is 8.09. The standard InChI is InChI=1S/C23H30N2O4/c1-28-20-9-15(2-4-19(20)29-13-21(24)26)3-5-22(27)25-14-23-10-16-6-17(11-23)8-18(7-16)12-23/h2-5,9,16-18H,6-8,10-14H2,1H3,(H2,24,26)(H,25,27)/b5-3+. The maximum atomic E-state index is 12.4. The summed E-state index contributed by atoms with van der Waals surface area (Å²) in [7, 11) is 1.53. The highest BCUT2D eigenvalue weighted by atomic mass is 16.5. The second-order valence-electron chi connectivity index (χ2n) is 9.13. The Hall–Kier alpha value is -2.50. The first-order chi connectivity index (χ1) is 13.9. The molecular weight excluding hydrogens is 368 g/mol. The van der Waals surface area contributed by atoms with Gasteiger partial charge in [0.1, 0.15) is 0 Å². The zero-order valence-corrected chi connectivity index (χ0v) is 17.0. The van der Waals surface area contributed by atoms with E-state index in [1.807, 2.05) is 6.07 Å². The van der Waals surface area contributed by atoms with Crippen molar-refractivity contribution < 1.29 is 19.1 Å². The zero-order chi connectivity index (χ0) is 20.4. The number of ether oxygens (including phenoxy) is 2. The fraction of sp³-hybridized carbons (Fsp3) is 0.565. The normalized spacial score (nSPS) is 29.8. The Labute approximate surface area is 171 Å². The van der Waals surface area contributed by atoms with Crippen molar-refractivity contribution in [3.05, 3.63) is 29.8 Å². The van der Waals surface area contributed by atoms with E-state index in [2.05, 4.69) is 5.32 Å². The van der Waals surface area contributed by atoms with Crippen LogP contribution in [0, 0.1) is 23.2 Å². The van der Waals surface area contributed by atoms with E-state index in [0.29, 0.717) is 16.9 Å². The molecule has 0 saturated heterocycles. The number of methoxy groups -OCH3 is 1. The molecule has 1 aromatic rings. The first-order valence-corrected chi connectivity index (χ1v) is 10.5. The van der Waals surface area contributed by atoms with Gasteiger partial charge in [-0.2, -0.15) is 0 Å². The highest BCUT2D eigenvalue weighted by Gasteiger charge is 2.50. The molecule has 6 heteroatoms. The molecule has 3 N–H and O–H groups in total. The number of carbonyl (C=O) groups excluding carboxylic acids is 2. The molecule has 4 fully saturated rings. The molecule has 1 aromatic carbocycles. The molecule has 4 saturated carbocycles. The van der Waals surface area contributed by atoms with Gasteiger partial charge < -0.3 is 20.5 Å². The third kappa shape index (κ3) is 4.57. The average Bonchev–Trinajstić information content (AvgIpc) is 2.68. The molecule has 0 atom stereocenters. The Kier molecular flexibility index (Phi) is 5.52. The molecule has 29 heavy (non-hydrogen) atoms. The van der Waals surface area contributed by atoms with Gasteiger partial charge in [0.05, 0.1) is 7.11 Å². The van der Waals surface area contributed by atoms with E-state index in [9.17, 15) is 9.59 Å². The molecule has 0 spiro atoms. The molecule has 0 radical (unpaired) electrons. The first-order valence-electron chi connectivity index (χ1n) is 10.5. The van der Waals surface area contributed by atoms with Crippen LogP contribution in [0.5, 0.6) is 11.5 Å². The lowest BCUT2D eigenvalue weighted by molar-refractivity contribution is -0.120. The Bertz CT molecular complexity index is 782. The van der Waals surface area contributed by atoms with Crippen LogP contribution in [0.1, 0.15) is 44.1 Å². The molecule has 156 valence electrons. The van der Waals surface area contributed by atoms with Crippen LogP contribution >= 0.6 is 0 Å². The zero-order valence-electron chi connectivity index (χ0n) is 17.0. The van der Waals surface area contributed by atoms with Gasteiger partial charge in [-0.15, -0.1) is 0 Å². The van der Waals surface area contributed by atoms with Gasteiger partial charge in [-0.1, -0.05) is 6.07 Å². The van der Waals surface area contributed by atoms with Gasteiger partial charge in [-0.25, -0.2) is 0 Å². The van der Waals surface area contributed by atoms with E-state index in [1.54, 1.807) is 24.3 Å². The maximum absolute atomic E-state index is 12.4. The lowest BCUT2D eigenvalue weighted by Gasteiger charge is -2.56.